The van der Waals surface area contributed by atoms with Crippen molar-refractivity contribution in [2.75, 3.05) is 12.4 Å². The van der Waals surface area contributed by atoms with E-state index in [0.717, 1.165) is 20.4 Å². The summed E-state index contributed by atoms with van der Waals surface area (Å²) in [5.74, 6) is 0.368. The van der Waals surface area contributed by atoms with Crippen LogP contribution < -0.4 is 14.8 Å². The van der Waals surface area contributed by atoms with Gasteiger partial charge in [0.2, 0.25) is 5.91 Å². The van der Waals surface area contributed by atoms with E-state index in [0.29, 0.717) is 21.5 Å². The second-order valence-corrected chi connectivity index (χ2v) is 8.80. The Labute approximate surface area is 202 Å². The second kappa shape index (κ2) is 10.8. The van der Waals surface area contributed by atoms with Gasteiger partial charge in [0.05, 0.1) is 11.6 Å². The summed E-state index contributed by atoms with van der Waals surface area (Å²) < 4.78 is 26.8. The van der Waals surface area contributed by atoms with E-state index in [1.54, 1.807) is 36.4 Å². The van der Waals surface area contributed by atoms with Crippen LogP contribution in [0.25, 0.3) is 6.08 Å². The third-order valence-electron chi connectivity index (χ3n) is 4.46. The van der Waals surface area contributed by atoms with Gasteiger partial charge in [-0.05, 0) is 99.0 Å². The molecule has 31 heavy (non-hydrogen) atoms. The highest BCUT2D eigenvalue weighted by Gasteiger charge is 2.12. The summed E-state index contributed by atoms with van der Waals surface area (Å²) in [5, 5.41) is 2.87. The summed E-state index contributed by atoms with van der Waals surface area (Å²) in [6.45, 7) is 2.01. The number of anilines is 1. The van der Waals surface area contributed by atoms with Gasteiger partial charge in [-0.3, -0.25) is 4.79 Å². The maximum absolute atomic E-state index is 13.8. The maximum atomic E-state index is 13.8. The van der Waals surface area contributed by atoms with Gasteiger partial charge in [0.1, 0.15) is 12.4 Å². The highest BCUT2D eigenvalue weighted by molar-refractivity contribution is 14.1. The summed E-state index contributed by atoms with van der Waals surface area (Å²) in [4.78, 5) is 12.3. The number of rotatable bonds is 7. The fourth-order valence-corrected chi connectivity index (χ4v) is 4.08. The van der Waals surface area contributed by atoms with Crippen LogP contribution in [0.4, 0.5) is 10.1 Å². The second-order valence-electron chi connectivity index (χ2n) is 6.70. The smallest absolute Gasteiger partial charge is 0.248 e. The number of hydrogen-bond donors (Lipinski definition) is 1. The van der Waals surface area contributed by atoms with Crippen LogP contribution in [0.15, 0.2) is 65.1 Å². The molecule has 1 N–H and O–H groups in total. The minimum atomic E-state index is -0.327. The Morgan fingerprint density at radius 1 is 1.19 bits per heavy atom. The van der Waals surface area contributed by atoms with Gasteiger partial charge < -0.3 is 14.8 Å². The predicted molar refractivity (Wildman–Crippen MR) is 133 cm³/mol. The first-order valence-corrected chi connectivity index (χ1v) is 11.2. The van der Waals surface area contributed by atoms with E-state index < -0.39 is 0 Å². The lowest BCUT2D eigenvalue weighted by Crippen LogP contribution is -2.09. The predicted octanol–water partition coefficient (Wildman–Crippen LogP) is 6.74. The van der Waals surface area contributed by atoms with E-state index in [1.165, 1.54) is 19.3 Å². The fourth-order valence-electron chi connectivity index (χ4n) is 2.86. The lowest BCUT2D eigenvalue weighted by atomic mass is 10.1. The number of nitrogens with one attached hydrogen (secondary N) is 1. The zero-order chi connectivity index (χ0) is 22.4. The van der Waals surface area contributed by atoms with Crippen molar-refractivity contribution in [2.45, 2.75) is 13.5 Å². The van der Waals surface area contributed by atoms with Crippen molar-refractivity contribution in [3.63, 3.8) is 0 Å². The molecular formula is C24H20BrFINO3. The Bertz CT molecular complexity index is 1130. The van der Waals surface area contributed by atoms with Crippen LogP contribution in [0.2, 0.25) is 0 Å². The normalized spacial score (nSPS) is 10.9. The van der Waals surface area contributed by atoms with E-state index in [9.17, 15) is 9.18 Å². The quantitative estimate of drug-likeness (QED) is 0.243. The standard InChI is InChI=1S/C24H20BrFINO3/c1-15-11-18(27)8-9-21(15)28-23(29)10-7-16-12-19(25)24(22(13-16)30-2)31-14-17-5-3-4-6-20(17)26/h3-13H,14H2,1-2H3,(H,28,29)/b10-7+. The van der Waals surface area contributed by atoms with Gasteiger partial charge in [-0.2, -0.15) is 0 Å². The number of carbonyl (C=O) groups excluding carboxylic acids is 1. The summed E-state index contributed by atoms with van der Waals surface area (Å²) in [7, 11) is 1.53. The van der Waals surface area contributed by atoms with Crippen molar-refractivity contribution in [3.05, 3.63) is 91.2 Å². The van der Waals surface area contributed by atoms with Gasteiger partial charge in [-0.1, -0.05) is 18.2 Å². The topological polar surface area (TPSA) is 47.6 Å². The number of carbonyl (C=O) groups is 1. The van der Waals surface area contributed by atoms with Crippen molar-refractivity contribution in [1.82, 2.24) is 0 Å². The number of hydrogen-bond acceptors (Lipinski definition) is 3. The summed E-state index contributed by atoms with van der Waals surface area (Å²) in [5.41, 5.74) is 2.96. The van der Waals surface area contributed by atoms with E-state index >= 15 is 0 Å². The fraction of sp³-hybridized carbons (Fsp3) is 0.125. The van der Waals surface area contributed by atoms with E-state index in [4.69, 9.17) is 9.47 Å². The molecule has 0 aliphatic carbocycles. The molecule has 3 rings (SSSR count). The minimum Gasteiger partial charge on any atom is -0.493 e. The van der Waals surface area contributed by atoms with Gasteiger partial charge in [0, 0.05) is 20.9 Å². The lowest BCUT2D eigenvalue weighted by molar-refractivity contribution is -0.111. The third kappa shape index (κ3) is 6.30. The van der Waals surface area contributed by atoms with Gasteiger partial charge in [-0.15, -0.1) is 0 Å². The molecule has 0 saturated carbocycles. The van der Waals surface area contributed by atoms with Crippen LogP contribution in [0.1, 0.15) is 16.7 Å². The molecule has 0 fully saturated rings. The highest BCUT2D eigenvalue weighted by atomic mass is 127. The molecule has 160 valence electrons. The summed E-state index contributed by atoms with van der Waals surface area (Å²) >= 11 is 5.71. The van der Waals surface area contributed by atoms with Crippen LogP contribution in [0.5, 0.6) is 11.5 Å². The molecular weight excluding hydrogens is 576 g/mol. The first kappa shape index (κ1) is 23.3. The Morgan fingerprint density at radius 2 is 1.97 bits per heavy atom. The molecule has 0 heterocycles. The van der Waals surface area contributed by atoms with E-state index in [2.05, 4.69) is 43.8 Å². The molecule has 0 unspecified atom stereocenters. The minimum absolute atomic E-state index is 0.0641. The molecule has 4 nitrogen and oxygen atoms in total. The van der Waals surface area contributed by atoms with Crippen molar-refractivity contribution >= 4 is 56.2 Å². The van der Waals surface area contributed by atoms with Crippen molar-refractivity contribution in [1.29, 1.82) is 0 Å². The zero-order valence-corrected chi connectivity index (χ0v) is 20.7. The van der Waals surface area contributed by atoms with Gasteiger partial charge in [0.15, 0.2) is 11.5 Å². The van der Waals surface area contributed by atoms with E-state index in [-0.39, 0.29) is 18.3 Å². The average molecular weight is 596 g/mol. The number of aryl methyl sites for hydroxylation is 1. The van der Waals surface area contributed by atoms with Crippen LogP contribution in [0, 0.1) is 16.3 Å². The van der Waals surface area contributed by atoms with Gasteiger partial charge in [-0.25, -0.2) is 4.39 Å². The zero-order valence-electron chi connectivity index (χ0n) is 16.9. The van der Waals surface area contributed by atoms with Crippen LogP contribution >= 0.6 is 38.5 Å². The molecule has 1 amide bonds. The van der Waals surface area contributed by atoms with Crippen LogP contribution in [0.3, 0.4) is 0 Å². The third-order valence-corrected chi connectivity index (χ3v) is 5.72. The Balaban J connectivity index is 1.72. The Hall–Kier alpha value is -2.39. The average Bonchev–Trinajstić information content (AvgIpc) is 2.74. The molecule has 0 atom stereocenters. The molecule has 7 heteroatoms. The summed E-state index contributed by atoms with van der Waals surface area (Å²) in [6, 6.07) is 15.8. The lowest BCUT2D eigenvalue weighted by Gasteiger charge is -2.14. The van der Waals surface area contributed by atoms with E-state index in [1.807, 2.05) is 25.1 Å². The molecule has 0 aromatic heterocycles. The number of methoxy groups -OCH3 is 1. The van der Waals surface area contributed by atoms with Crippen LogP contribution in [-0.4, -0.2) is 13.0 Å². The van der Waals surface area contributed by atoms with Crippen LogP contribution in [-0.2, 0) is 11.4 Å². The maximum Gasteiger partial charge on any atom is 0.248 e. The molecule has 0 aliphatic heterocycles. The van der Waals surface area contributed by atoms with Gasteiger partial charge >= 0.3 is 0 Å². The van der Waals surface area contributed by atoms with Crippen molar-refractivity contribution in [2.24, 2.45) is 0 Å². The number of amides is 1. The number of halogens is 3. The van der Waals surface area contributed by atoms with Crippen molar-refractivity contribution < 1.29 is 18.7 Å². The van der Waals surface area contributed by atoms with Gasteiger partial charge in [0.25, 0.3) is 0 Å². The first-order valence-electron chi connectivity index (χ1n) is 9.36. The largest absolute Gasteiger partial charge is 0.493 e. The Morgan fingerprint density at radius 3 is 2.68 bits per heavy atom. The molecule has 3 aromatic rings. The molecule has 0 aliphatic rings. The first-order chi connectivity index (χ1) is 14.9. The SMILES string of the molecule is COc1cc(/C=C/C(=O)Nc2ccc(I)cc2C)cc(Br)c1OCc1ccccc1F. The molecule has 3 aromatic carbocycles. The molecule has 0 spiro atoms. The summed E-state index contributed by atoms with van der Waals surface area (Å²) in [6.07, 6.45) is 3.14. The highest BCUT2D eigenvalue weighted by Crippen LogP contribution is 2.37. The Kier molecular flexibility index (Phi) is 8.09. The number of benzene rings is 3. The van der Waals surface area contributed by atoms with Crippen molar-refractivity contribution in [3.8, 4) is 11.5 Å². The number of ether oxygens (including phenoxy) is 2. The molecule has 0 bridgehead atoms. The molecule has 0 saturated heterocycles. The molecule has 0 radical (unpaired) electrons. The monoisotopic (exact) mass is 595 g/mol.